The first-order valence-electron chi connectivity index (χ1n) is 5.70. The Kier molecular flexibility index (Phi) is 3.77. The maximum atomic E-state index is 12.3. The Morgan fingerprint density at radius 3 is 2.70 bits per heavy atom. The molecule has 2 rings (SSSR count). The summed E-state index contributed by atoms with van der Waals surface area (Å²) in [5.74, 6) is 5.92. The van der Waals surface area contributed by atoms with Gasteiger partial charge in [-0.25, -0.2) is 15.8 Å². The summed E-state index contributed by atoms with van der Waals surface area (Å²) in [7, 11) is 3.03. The predicted molar refractivity (Wildman–Crippen MR) is 66.5 cm³/mol. The van der Waals surface area contributed by atoms with Crippen molar-refractivity contribution >= 4 is 16.9 Å². The van der Waals surface area contributed by atoms with E-state index in [9.17, 15) is 13.2 Å². The smallest absolute Gasteiger partial charge is 0.308 e. The Morgan fingerprint density at radius 2 is 2.10 bits per heavy atom. The Morgan fingerprint density at radius 1 is 1.40 bits per heavy atom. The quantitative estimate of drug-likeness (QED) is 0.635. The zero-order valence-electron chi connectivity index (χ0n) is 10.9. The van der Waals surface area contributed by atoms with Gasteiger partial charge in [-0.1, -0.05) is 0 Å². The van der Waals surface area contributed by atoms with E-state index in [4.69, 9.17) is 5.84 Å². The van der Waals surface area contributed by atoms with Gasteiger partial charge in [0.1, 0.15) is 5.82 Å². The fourth-order valence-electron chi connectivity index (χ4n) is 1.85. The second kappa shape index (κ2) is 5.21. The van der Waals surface area contributed by atoms with Crippen LogP contribution in [0.1, 0.15) is 5.82 Å². The molecule has 10 heteroatoms. The van der Waals surface area contributed by atoms with Crippen LogP contribution in [0.25, 0.3) is 11.0 Å². The SMILES string of the molecule is CN(Cc1nc(NN)c2cnn(C)c2n1)CC(F)(F)F. The van der Waals surface area contributed by atoms with Crippen LogP contribution in [0.4, 0.5) is 19.0 Å². The average molecular weight is 289 g/mol. The molecule has 0 aromatic carbocycles. The molecule has 0 aliphatic rings. The zero-order chi connectivity index (χ0) is 14.9. The lowest BCUT2D eigenvalue weighted by atomic mass is 10.3. The number of fused-ring (bicyclic) bond motifs is 1. The van der Waals surface area contributed by atoms with E-state index >= 15 is 0 Å². The first-order valence-corrected chi connectivity index (χ1v) is 5.70. The van der Waals surface area contributed by atoms with Gasteiger partial charge in [-0.2, -0.15) is 18.3 Å². The van der Waals surface area contributed by atoms with Crippen LogP contribution in [0.5, 0.6) is 0 Å². The lowest BCUT2D eigenvalue weighted by molar-refractivity contribution is -0.144. The van der Waals surface area contributed by atoms with Crippen LogP contribution in [0, 0.1) is 0 Å². The van der Waals surface area contributed by atoms with Crippen LogP contribution in [0.2, 0.25) is 0 Å². The second-order valence-electron chi connectivity index (χ2n) is 4.43. The number of halogens is 3. The minimum atomic E-state index is -4.26. The second-order valence-corrected chi connectivity index (χ2v) is 4.43. The molecular weight excluding hydrogens is 275 g/mol. The molecule has 0 fully saturated rings. The van der Waals surface area contributed by atoms with Crippen LogP contribution in [0.15, 0.2) is 6.20 Å². The number of aromatic nitrogens is 4. The molecule has 0 unspecified atom stereocenters. The number of hydrogen-bond acceptors (Lipinski definition) is 6. The van der Waals surface area contributed by atoms with Gasteiger partial charge >= 0.3 is 6.18 Å². The van der Waals surface area contributed by atoms with Gasteiger partial charge in [0.25, 0.3) is 0 Å². The van der Waals surface area contributed by atoms with Crippen molar-refractivity contribution in [3.8, 4) is 0 Å². The van der Waals surface area contributed by atoms with Gasteiger partial charge in [0.15, 0.2) is 11.5 Å². The summed E-state index contributed by atoms with van der Waals surface area (Å²) in [5, 5.41) is 4.62. The highest BCUT2D eigenvalue weighted by atomic mass is 19.4. The molecule has 0 spiro atoms. The molecule has 0 aliphatic heterocycles. The number of nitrogen functional groups attached to an aromatic ring is 1. The van der Waals surface area contributed by atoms with E-state index in [1.165, 1.54) is 17.9 Å². The minimum absolute atomic E-state index is 0.0463. The fraction of sp³-hybridized carbons (Fsp3) is 0.500. The van der Waals surface area contributed by atoms with E-state index < -0.39 is 12.7 Å². The normalized spacial score (nSPS) is 12.3. The first kappa shape index (κ1) is 14.5. The van der Waals surface area contributed by atoms with Gasteiger partial charge < -0.3 is 5.43 Å². The van der Waals surface area contributed by atoms with Crippen molar-refractivity contribution < 1.29 is 13.2 Å². The highest BCUT2D eigenvalue weighted by molar-refractivity contribution is 5.86. The third-order valence-electron chi connectivity index (χ3n) is 2.64. The molecule has 7 nitrogen and oxygen atoms in total. The molecule has 0 saturated heterocycles. The molecule has 2 aromatic rings. The Bertz CT molecular complexity index is 607. The van der Waals surface area contributed by atoms with Crippen molar-refractivity contribution in [2.75, 3.05) is 19.0 Å². The van der Waals surface area contributed by atoms with Gasteiger partial charge in [0.05, 0.1) is 24.7 Å². The summed E-state index contributed by atoms with van der Waals surface area (Å²) in [4.78, 5) is 9.37. The van der Waals surface area contributed by atoms with Crippen molar-refractivity contribution in [2.24, 2.45) is 12.9 Å². The topological polar surface area (TPSA) is 84.9 Å². The number of rotatable bonds is 4. The van der Waals surface area contributed by atoms with Gasteiger partial charge in [-0.15, -0.1) is 0 Å². The summed E-state index contributed by atoms with van der Waals surface area (Å²) in [6, 6.07) is 0. The van der Waals surface area contributed by atoms with Crippen molar-refractivity contribution in [1.29, 1.82) is 0 Å². The fourth-order valence-corrected chi connectivity index (χ4v) is 1.85. The molecule has 110 valence electrons. The lowest BCUT2D eigenvalue weighted by Gasteiger charge is -2.17. The standard InChI is InChI=1S/C10H14F3N7/c1-19(5-10(11,12)13)4-7-16-8(18-14)6-3-15-20(2)9(6)17-7/h3H,4-5,14H2,1-2H3,(H,16,17,18). The maximum absolute atomic E-state index is 12.3. The number of hydrogen-bond donors (Lipinski definition) is 2. The molecule has 2 aromatic heterocycles. The Balaban J connectivity index is 2.28. The third kappa shape index (κ3) is 3.14. The van der Waals surface area contributed by atoms with Gasteiger partial charge in [0, 0.05) is 7.05 Å². The molecule has 0 atom stereocenters. The summed E-state index contributed by atoms with van der Waals surface area (Å²) < 4.78 is 38.4. The van der Waals surface area contributed by atoms with Gasteiger partial charge in [-0.3, -0.25) is 9.58 Å². The van der Waals surface area contributed by atoms with Crippen LogP contribution in [-0.4, -0.2) is 44.4 Å². The summed E-state index contributed by atoms with van der Waals surface area (Å²) in [6.45, 7) is -1.08. The monoisotopic (exact) mass is 289 g/mol. The Labute approximate surface area is 112 Å². The predicted octanol–water partition coefficient (Wildman–Crippen LogP) is 0.643. The van der Waals surface area contributed by atoms with E-state index in [2.05, 4.69) is 20.5 Å². The van der Waals surface area contributed by atoms with Crippen LogP contribution < -0.4 is 11.3 Å². The van der Waals surface area contributed by atoms with E-state index in [-0.39, 0.29) is 12.4 Å². The highest BCUT2D eigenvalue weighted by Gasteiger charge is 2.29. The number of anilines is 1. The lowest BCUT2D eigenvalue weighted by Crippen LogP contribution is -2.31. The van der Waals surface area contributed by atoms with E-state index in [0.717, 1.165) is 4.90 Å². The number of nitrogens with two attached hydrogens (primary N) is 1. The molecular formula is C10H14F3N7. The van der Waals surface area contributed by atoms with E-state index in [1.807, 2.05) is 0 Å². The molecule has 0 amide bonds. The van der Waals surface area contributed by atoms with Crippen LogP contribution in [-0.2, 0) is 13.6 Å². The number of aryl methyl sites for hydroxylation is 1. The van der Waals surface area contributed by atoms with E-state index in [1.54, 1.807) is 7.05 Å². The van der Waals surface area contributed by atoms with Crippen molar-refractivity contribution in [3.63, 3.8) is 0 Å². The van der Waals surface area contributed by atoms with Crippen LogP contribution in [0.3, 0.4) is 0 Å². The summed E-state index contributed by atoms with van der Waals surface area (Å²) in [6.07, 6.45) is -2.73. The molecule has 20 heavy (non-hydrogen) atoms. The Hall–Kier alpha value is -1.94. The summed E-state index contributed by atoms with van der Waals surface area (Å²) in [5.41, 5.74) is 2.90. The van der Waals surface area contributed by atoms with Crippen molar-refractivity contribution in [2.45, 2.75) is 12.7 Å². The molecule has 2 heterocycles. The molecule has 0 aliphatic carbocycles. The zero-order valence-corrected chi connectivity index (χ0v) is 10.9. The number of nitrogens with zero attached hydrogens (tertiary/aromatic N) is 5. The highest BCUT2D eigenvalue weighted by Crippen LogP contribution is 2.20. The first-order chi connectivity index (χ1) is 9.30. The minimum Gasteiger partial charge on any atom is -0.308 e. The molecule has 3 N–H and O–H groups in total. The van der Waals surface area contributed by atoms with Crippen LogP contribution >= 0.6 is 0 Å². The number of nitrogens with one attached hydrogen (secondary N) is 1. The van der Waals surface area contributed by atoms with Gasteiger partial charge in [0.2, 0.25) is 0 Å². The number of hydrazine groups is 1. The third-order valence-corrected chi connectivity index (χ3v) is 2.64. The summed E-state index contributed by atoms with van der Waals surface area (Å²) >= 11 is 0. The molecule has 0 bridgehead atoms. The number of alkyl halides is 3. The van der Waals surface area contributed by atoms with Crippen molar-refractivity contribution in [1.82, 2.24) is 24.6 Å². The van der Waals surface area contributed by atoms with E-state index in [0.29, 0.717) is 16.9 Å². The average Bonchev–Trinajstić information content (AvgIpc) is 2.68. The van der Waals surface area contributed by atoms with Crippen molar-refractivity contribution in [3.05, 3.63) is 12.0 Å². The maximum Gasteiger partial charge on any atom is 0.401 e. The van der Waals surface area contributed by atoms with Gasteiger partial charge in [-0.05, 0) is 7.05 Å². The molecule has 0 saturated carbocycles. The largest absolute Gasteiger partial charge is 0.401 e. The molecule has 0 radical (unpaired) electrons.